The highest BCUT2D eigenvalue weighted by atomic mass is 19.4. The summed E-state index contributed by atoms with van der Waals surface area (Å²) in [6.07, 6.45) is -3.02. The molecule has 0 radical (unpaired) electrons. The molecule has 1 heterocycles. The van der Waals surface area contributed by atoms with Crippen molar-refractivity contribution in [1.82, 2.24) is 15.0 Å². The normalized spacial score (nSPS) is 12.0. The predicted molar refractivity (Wildman–Crippen MR) is 46.1 cm³/mol. The van der Waals surface area contributed by atoms with E-state index in [9.17, 15) is 13.2 Å². The largest absolute Gasteiger partial charge is 0.396 e. The van der Waals surface area contributed by atoms with E-state index < -0.39 is 12.6 Å². The summed E-state index contributed by atoms with van der Waals surface area (Å²) in [5, 5.41) is 15.9. The van der Waals surface area contributed by atoms with E-state index in [2.05, 4.69) is 10.3 Å². The Labute approximate surface area is 84.7 Å². The summed E-state index contributed by atoms with van der Waals surface area (Å²) in [5.74, 6) is 0. The van der Waals surface area contributed by atoms with Gasteiger partial charge in [0.2, 0.25) is 0 Å². The minimum Gasteiger partial charge on any atom is -0.396 e. The molecule has 15 heavy (non-hydrogen) atoms. The van der Waals surface area contributed by atoms with Gasteiger partial charge in [-0.05, 0) is 6.42 Å². The molecule has 0 atom stereocenters. The fraction of sp³-hybridized carbons (Fsp3) is 0.750. The van der Waals surface area contributed by atoms with Gasteiger partial charge in [0.15, 0.2) is 0 Å². The molecule has 0 saturated carbocycles. The Hall–Kier alpha value is -1.11. The van der Waals surface area contributed by atoms with Crippen LogP contribution in [0.4, 0.5) is 13.2 Å². The van der Waals surface area contributed by atoms with E-state index in [1.54, 1.807) is 6.20 Å². The van der Waals surface area contributed by atoms with E-state index in [0.29, 0.717) is 12.1 Å². The zero-order chi connectivity index (χ0) is 11.3. The molecule has 1 aromatic heterocycles. The van der Waals surface area contributed by atoms with E-state index >= 15 is 0 Å². The van der Waals surface area contributed by atoms with E-state index in [1.807, 2.05) is 0 Å². The van der Waals surface area contributed by atoms with E-state index in [1.165, 1.54) is 4.68 Å². The van der Waals surface area contributed by atoms with Crippen LogP contribution in [0.25, 0.3) is 0 Å². The van der Waals surface area contributed by atoms with Gasteiger partial charge in [0.1, 0.15) is 0 Å². The van der Waals surface area contributed by atoms with Crippen molar-refractivity contribution in [3.05, 3.63) is 11.9 Å². The summed E-state index contributed by atoms with van der Waals surface area (Å²) in [6.45, 7) is 0.152. The zero-order valence-corrected chi connectivity index (χ0v) is 8.04. The lowest BCUT2D eigenvalue weighted by Gasteiger charge is -2.04. The second-order valence-corrected chi connectivity index (χ2v) is 3.17. The highest BCUT2D eigenvalue weighted by Crippen LogP contribution is 2.21. The summed E-state index contributed by atoms with van der Waals surface area (Å²) in [6, 6.07) is 0. The van der Waals surface area contributed by atoms with Crippen LogP contribution in [0.3, 0.4) is 0 Å². The topological polar surface area (TPSA) is 50.9 Å². The van der Waals surface area contributed by atoms with Crippen molar-refractivity contribution in [1.29, 1.82) is 0 Å². The number of nitrogens with zero attached hydrogens (tertiary/aromatic N) is 3. The lowest BCUT2D eigenvalue weighted by molar-refractivity contribution is -0.136. The van der Waals surface area contributed by atoms with Crippen molar-refractivity contribution in [2.75, 3.05) is 6.61 Å². The third-order valence-electron chi connectivity index (χ3n) is 1.80. The Morgan fingerprint density at radius 2 is 2.13 bits per heavy atom. The van der Waals surface area contributed by atoms with Crippen LogP contribution in [-0.2, 0) is 13.0 Å². The van der Waals surface area contributed by atoms with Gasteiger partial charge in [-0.15, -0.1) is 5.10 Å². The van der Waals surface area contributed by atoms with E-state index in [0.717, 1.165) is 0 Å². The molecular formula is C8H12F3N3O. The fourth-order valence-corrected chi connectivity index (χ4v) is 1.12. The maximum Gasteiger partial charge on any atom is 0.389 e. The lowest BCUT2D eigenvalue weighted by Crippen LogP contribution is -2.09. The molecule has 0 unspecified atom stereocenters. The van der Waals surface area contributed by atoms with Crippen LogP contribution in [-0.4, -0.2) is 32.9 Å². The highest BCUT2D eigenvalue weighted by Gasteiger charge is 2.26. The molecule has 0 aliphatic heterocycles. The minimum atomic E-state index is -4.12. The Bertz CT molecular complexity index is 298. The first-order valence-electron chi connectivity index (χ1n) is 4.58. The smallest absolute Gasteiger partial charge is 0.389 e. The second-order valence-electron chi connectivity index (χ2n) is 3.17. The summed E-state index contributed by atoms with van der Waals surface area (Å²) in [5.41, 5.74) is 0.588. The van der Waals surface area contributed by atoms with Crippen molar-refractivity contribution in [3.63, 3.8) is 0 Å². The maximum absolute atomic E-state index is 11.8. The van der Waals surface area contributed by atoms with Gasteiger partial charge in [-0.25, -0.2) is 0 Å². The fourth-order valence-electron chi connectivity index (χ4n) is 1.12. The van der Waals surface area contributed by atoms with Crippen LogP contribution in [0.15, 0.2) is 6.20 Å². The molecule has 0 aliphatic rings. The van der Waals surface area contributed by atoms with Crippen molar-refractivity contribution in [2.24, 2.45) is 0 Å². The molecule has 0 aromatic carbocycles. The second kappa shape index (κ2) is 5.11. The van der Waals surface area contributed by atoms with Gasteiger partial charge >= 0.3 is 6.18 Å². The summed E-state index contributed by atoms with van der Waals surface area (Å²) in [4.78, 5) is 0. The predicted octanol–water partition coefficient (Wildman–Crippen LogP) is 1.16. The van der Waals surface area contributed by atoms with Gasteiger partial charge in [-0.2, -0.15) is 13.2 Å². The third kappa shape index (κ3) is 4.78. The van der Waals surface area contributed by atoms with Crippen LogP contribution in [0.2, 0.25) is 0 Å². The molecule has 0 aliphatic carbocycles. The lowest BCUT2D eigenvalue weighted by atomic mass is 10.3. The van der Waals surface area contributed by atoms with Gasteiger partial charge in [-0.3, -0.25) is 4.68 Å². The summed E-state index contributed by atoms with van der Waals surface area (Å²) in [7, 11) is 0. The standard InChI is InChI=1S/C8H12F3N3O/c9-8(10,11)3-1-4-14-6-7(2-5-15)12-13-14/h6,15H,1-5H2. The van der Waals surface area contributed by atoms with Crippen LogP contribution in [0.5, 0.6) is 0 Å². The molecule has 0 spiro atoms. The van der Waals surface area contributed by atoms with Crippen LogP contribution < -0.4 is 0 Å². The van der Waals surface area contributed by atoms with E-state index in [4.69, 9.17) is 5.11 Å². The summed E-state index contributed by atoms with van der Waals surface area (Å²) >= 11 is 0. The van der Waals surface area contributed by atoms with Crippen molar-refractivity contribution in [3.8, 4) is 0 Å². The number of halogens is 3. The number of rotatable bonds is 5. The molecule has 1 rings (SSSR count). The molecule has 0 bridgehead atoms. The number of aromatic nitrogens is 3. The monoisotopic (exact) mass is 223 g/mol. The minimum absolute atomic E-state index is 0.00851. The summed E-state index contributed by atoms with van der Waals surface area (Å²) < 4.78 is 36.8. The Balaban J connectivity index is 2.31. The van der Waals surface area contributed by atoms with Crippen LogP contribution in [0.1, 0.15) is 18.5 Å². The van der Waals surface area contributed by atoms with Crippen molar-refractivity contribution in [2.45, 2.75) is 32.0 Å². The van der Waals surface area contributed by atoms with Gasteiger partial charge in [-0.1, -0.05) is 5.21 Å². The number of aliphatic hydroxyl groups excluding tert-OH is 1. The Morgan fingerprint density at radius 1 is 1.40 bits per heavy atom. The first-order chi connectivity index (χ1) is 7.01. The highest BCUT2D eigenvalue weighted by molar-refractivity contribution is 4.91. The molecule has 7 heteroatoms. The number of aryl methyl sites for hydroxylation is 1. The molecule has 1 N–H and O–H groups in total. The molecular weight excluding hydrogens is 211 g/mol. The zero-order valence-electron chi connectivity index (χ0n) is 8.04. The average molecular weight is 223 g/mol. The van der Waals surface area contributed by atoms with Gasteiger partial charge in [0, 0.05) is 32.2 Å². The van der Waals surface area contributed by atoms with Crippen molar-refractivity contribution < 1.29 is 18.3 Å². The SMILES string of the molecule is OCCc1cn(CCCC(F)(F)F)nn1. The van der Waals surface area contributed by atoms with Crippen LogP contribution >= 0.6 is 0 Å². The van der Waals surface area contributed by atoms with Crippen molar-refractivity contribution >= 4 is 0 Å². The molecule has 0 amide bonds. The average Bonchev–Trinajstić information content (AvgIpc) is 2.51. The third-order valence-corrected chi connectivity index (χ3v) is 1.80. The van der Waals surface area contributed by atoms with E-state index in [-0.39, 0.29) is 19.6 Å². The first kappa shape index (κ1) is 12.0. The number of aliphatic hydroxyl groups is 1. The molecule has 0 fully saturated rings. The number of alkyl halides is 3. The number of hydrogen-bond acceptors (Lipinski definition) is 3. The van der Waals surface area contributed by atoms with Gasteiger partial charge < -0.3 is 5.11 Å². The molecule has 86 valence electrons. The van der Waals surface area contributed by atoms with Gasteiger partial charge in [0.25, 0.3) is 0 Å². The molecule has 4 nitrogen and oxygen atoms in total. The first-order valence-corrected chi connectivity index (χ1v) is 4.58. The quantitative estimate of drug-likeness (QED) is 0.814. The maximum atomic E-state index is 11.8. The molecule has 0 saturated heterocycles. The molecule has 1 aromatic rings. The van der Waals surface area contributed by atoms with Crippen LogP contribution in [0, 0.1) is 0 Å². The van der Waals surface area contributed by atoms with Gasteiger partial charge in [0.05, 0.1) is 5.69 Å². The number of hydrogen-bond donors (Lipinski definition) is 1. The Kier molecular flexibility index (Phi) is 4.07. The Morgan fingerprint density at radius 3 is 2.73 bits per heavy atom.